The molecule has 1 atom stereocenters. The van der Waals surface area contributed by atoms with Gasteiger partial charge in [0.15, 0.2) is 0 Å². The minimum Gasteiger partial charge on any atom is -0.322 e. The number of hydrogen-bond acceptors (Lipinski definition) is 4. The highest BCUT2D eigenvalue weighted by Crippen LogP contribution is 2.23. The third kappa shape index (κ3) is 3.04. The van der Waals surface area contributed by atoms with Crippen LogP contribution < -0.4 is 5.73 Å². The smallest absolute Gasteiger partial charge is 0.124 e. The van der Waals surface area contributed by atoms with Gasteiger partial charge in [-0.05, 0) is 18.2 Å². The van der Waals surface area contributed by atoms with Gasteiger partial charge in [-0.25, -0.2) is 4.39 Å². The van der Waals surface area contributed by atoms with E-state index in [2.05, 4.69) is 10.3 Å². The maximum absolute atomic E-state index is 13.0. The number of nitrogens with zero attached hydrogens (tertiary/aromatic N) is 3. The van der Waals surface area contributed by atoms with Crippen molar-refractivity contribution < 1.29 is 4.39 Å². The molecule has 0 fully saturated rings. The van der Waals surface area contributed by atoms with E-state index in [1.54, 1.807) is 24.0 Å². The van der Waals surface area contributed by atoms with Gasteiger partial charge in [0.25, 0.3) is 0 Å². The normalized spacial score (nSPS) is 12.6. The number of nitrogens with two attached hydrogens (primary N) is 1. The highest BCUT2D eigenvalue weighted by atomic mass is 32.2. The van der Waals surface area contributed by atoms with Crippen molar-refractivity contribution in [2.75, 3.05) is 5.75 Å². The van der Waals surface area contributed by atoms with Gasteiger partial charge in [0.2, 0.25) is 0 Å². The lowest BCUT2D eigenvalue weighted by molar-refractivity contribution is 0.624. The van der Waals surface area contributed by atoms with Crippen molar-refractivity contribution in [3.63, 3.8) is 0 Å². The summed E-state index contributed by atoms with van der Waals surface area (Å²) < 4.78 is 14.6. The lowest BCUT2D eigenvalue weighted by atomic mass is 10.3. The minimum atomic E-state index is -0.231. The molecule has 1 heterocycles. The summed E-state index contributed by atoms with van der Waals surface area (Å²) in [5, 5.41) is 7.60. The van der Waals surface area contributed by atoms with Crippen LogP contribution in [0.2, 0.25) is 0 Å². The van der Waals surface area contributed by atoms with E-state index >= 15 is 0 Å². The molecule has 0 saturated carbocycles. The lowest BCUT2D eigenvalue weighted by Crippen LogP contribution is -2.16. The summed E-state index contributed by atoms with van der Waals surface area (Å²) in [5.74, 6) is 0.427. The largest absolute Gasteiger partial charge is 0.322 e. The fourth-order valence-corrected chi connectivity index (χ4v) is 2.37. The minimum absolute atomic E-state index is 0.164. The van der Waals surface area contributed by atoms with E-state index in [0.29, 0.717) is 5.75 Å². The van der Waals surface area contributed by atoms with E-state index in [-0.39, 0.29) is 11.9 Å². The van der Waals surface area contributed by atoms with Gasteiger partial charge in [0.05, 0.1) is 17.9 Å². The zero-order valence-electron chi connectivity index (χ0n) is 9.38. The van der Waals surface area contributed by atoms with Crippen LogP contribution in [-0.2, 0) is 7.05 Å². The van der Waals surface area contributed by atoms with Gasteiger partial charge >= 0.3 is 0 Å². The average molecular weight is 252 g/mol. The van der Waals surface area contributed by atoms with Crippen molar-refractivity contribution in [2.24, 2.45) is 12.8 Å². The van der Waals surface area contributed by atoms with Gasteiger partial charge in [-0.15, -0.1) is 16.9 Å². The number of benzene rings is 1. The van der Waals surface area contributed by atoms with Gasteiger partial charge in [-0.1, -0.05) is 11.3 Å². The van der Waals surface area contributed by atoms with Crippen LogP contribution in [0, 0.1) is 5.82 Å². The molecule has 2 N–H and O–H groups in total. The Morgan fingerprint density at radius 2 is 2.35 bits per heavy atom. The Balaban J connectivity index is 1.97. The molecule has 1 unspecified atom stereocenters. The molecule has 0 spiro atoms. The zero-order chi connectivity index (χ0) is 12.3. The summed E-state index contributed by atoms with van der Waals surface area (Å²) >= 11 is 1.52. The Morgan fingerprint density at radius 3 is 3.00 bits per heavy atom. The summed E-state index contributed by atoms with van der Waals surface area (Å²) in [6.07, 6.45) is 1.65. The fourth-order valence-electron chi connectivity index (χ4n) is 1.46. The predicted molar refractivity (Wildman–Crippen MR) is 65.1 cm³/mol. The molecule has 0 aliphatic rings. The number of hydrogen-bond donors (Lipinski definition) is 1. The van der Waals surface area contributed by atoms with Crippen LogP contribution in [0.1, 0.15) is 11.7 Å². The Hall–Kier alpha value is -1.40. The van der Waals surface area contributed by atoms with Gasteiger partial charge in [-0.3, -0.25) is 4.68 Å². The second-order valence-corrected chi connectivity index (χ2v) is 4.75. The molecular formula is C11H13FN4S. The number of rotatable bonds is 4. The Morgan fingerprint density at radius 1 is 1.53 bits per heavy atom. The van der Waals surface area contributed by atoms with Crippen molar-refractivity contribution in [1.29, 1.82) is 0 Å². The molecule has 0 amide bonds. The summed E-state index contributed by atoms with van der Waals surface area (Å²) in [4.78, 5) is 0.871. The van der Waals surface area contributed by atoms with E-state index in [0.717, 1.165) is 10.6 Å². The third-order valence-electron chi connectivity index (χ3n) is 2.36. The molecule has 0 saturated heterocycles. The van der Waals surface area contributed by atoms with Crippen LogP contribution in [0.3, 0.4) is 0 Å². The van der Waals surface area contributed by atoms with E-state index in [9.17, 15) is 4.39 Å². The van der Waals surface area contributed by atoms with E-state index < -0.39 is 0 Å². The third-order valence-corrected chi connectivity index (χ3v) is 3.47. The molecule has 6 heteroatoms. The number of aromatic nitrogens is 3. The van der Waals surface area contributed by atoms with Gasteiger partial charge < -0.3 is 5.73 Å². The molecule has 4 nitrogen and oxygen atoms in total. The summed E-state index contributed by atoms with van der Waals surface area (Å²) in [6, 6.07) is 6.31. The maximum Gasteiger partial charge on any atom is 0.124 e. The van der Waals surface area contributed by atoms with Crippen LogP contribution in [-0.4, -0.2) is 20.7 Å². The van der Waals surface area contributed by atoms with Gasteiger partial charge in [0.1, 0.15) is 5.82 Å². The fraction of sp³-hybridized carbons (Fsp3) is 0.273. The summed E-state index contributed by atoms with van der Waals surface area (Å²) in [7, 11) is 1.80. The van der Waals surface area contributed by atoms with E-state index in [1.165, 1.54) is 23.9 Å². The first-order chi connectivity index (χ1) is 8.16. The quantitative estimate of drug-likeness (QED) is 0.842. The first-order valence-corrected chi connectivity index (χ1v) is 6.14. The number of halogens is 1. The van der Waals surface area contributed by atoms with Crippen molar-refractivity contribution in [3.05, 3.63) is 42.0 Å². The van der Waals surface area contributed by atoms with Crippen LogP contribution >= 0.6 is 11.8 Å². The molecular weight excluding hydrogens is 239 g/mol. The Labute approximate surface area is 103 Å². The standard InChI is InChI=1S/C11H13FN4S/c1-16-11(6-14-15-16)10(13)7-17-9-4-2-3-8(12)5-9/h2-6,10H,7,13H2,1H3. The second-order valence-electron chi connectivity index (χ2n) is 3.66. The number of thioether (sulfide) groups is 1. The molecule has 17 heavy (non-hydrogen) atoms. The van der Waals surface area contributed by atoms with Crippen molar-refractivity contribution >= 4 is 11.8 Å². The highest BCUT2D eigenvalue weighted by molar-refractivity contribution is 7.99. The van der Waals surface area contributed by atoms with Crippen molar-refractivity contribution in [1.82, 2.24) is 15.0 Å². The van der Waals surface area contributed by atoms with E-state index in [1.807, 2.05) is 6.07 Å². The van der Waals surface area contributed by atoms with E-state index in [4.69, 9.17) is 5.73 Å². The molecule has 1 aromatic carbocycles. The van der Waals surface area contributed by atoms with Gasteiger partial charge in [0, 0.05) is 17.7 Å². The monoisotopic (exact) mass is 252 g/mol. The SMILES string of the molecule is Cn1nncc1C(N)CSc1cccc(F)c1. The first-order valence-electron chi connectivity index (χ1n) is 5.15. The van der Waals surface area contributed by atoms with Crippen molar-refractivity contribution in [3.8, 4) is 0 Å². The molecule has 0 aliphatic carbocycles. The Kier molecular flexibility index (Phi) is 3.75. The van der Waals surface area contributed by atoms with Crippen LogP contribution in [0.25, 0.3) is 0 Å². The molecule has 0 aliphatic heterocycles. The maximum atomic E-state index is 13.0. The predicted octanol–water partition coefficient (Wildman–Crippen LogP) is 1.75. The van der Waals surface area contributed by atoms with Gasteiger partial charge in [-0.2, -0.15) is 0 Å². The number of aryl methyl sites for hydroxylation is 1. The Bertz CT molecular complexity index is 500. The average Bonchev–Trinajstić information content (AvgIpc) is 2.72. The topological polar surface area (TPSA) is 56.7 Å². The highest BCUT2D eigenvalue weighted by Gasteiger charge is 2.11. The summed E-state index contributed by atoms with van der Waals surface area (Å²) in [6.45, 7) is 0. The van der Waals surface area contributed by atoms with Crippen LogP contribution in [0.4, 0.5) is 4.39 Å². The zero-order valence-corrected chi connectivity index (χ0v) is 10.2. The van der Waals surface area contributed by atoms with Crippen molar-refractivity contribution in [2.45, 2.75) is 10.9 Å². The molecule has 2 rings (SSSR count). The molecule has 0 bridgehead atoms. The van der Waals surface area contributed by atoms with Crippen LogP contribution in [0.15, 0.2) is 35.4 Å². The molecule has 0 radical (unpaired) electrons. The first kappa shape index (κ1) is 12.1. The lowest BCUT2D eigenvalue weighted by Gasteiger charge is -2.10. The van der Waals surface area contributed by atoms with Crippen LogP contribution in [0.5, 0.6) is 0 Å². The second kappa shape index (κ2) is 5.29. The molecule has 2 aromatic rings. The molecule has 90 valence electrons. The molecule has 1 aromatic heterocycles. The summed E-state index contributed by atoms with van der Waals surface area (Å²) in [5.41, 5.74) is 6.88.